The summed E-state index contributed by atoms with van der Waals surface area (Å²) in [7, 11) is 0. The van der Waals surface area contributed by atoms with Crippen LogP contribution in [-0.4, -0.2) is 5.91 Å². The number of rotatable bonds is 0. The molecule has 0 aromatic rings. The zero-order chi connectivity index (χ0) is 5.98. The van der Waals surface area contributed by atoms with E-state index in [1.165, 1.54) is 6.20 Å². The van der Waals surface area contributed by atoms with E-state index in [0.717, 1.165) is 0 Å². The summed E-state index contributed by atoms with van der Waals surface area (Å²) in [6, 6.07) is 1.87. The van der Waals surface area contributed by atoms with Gasteiger partial charge in [-0.15, -0.1) is 0 Å². The fraction of sp³-hybridized carbons (Fsp3) is 0.200. The van der Waals surface area contributed by atoms with E-state index in [4.69, 9.17) is 5.26 Å². The van der Waals surface area contributed by atoms with Crippen molar-refractivity contribution in [3.63, 3.8) is 0 Å². The van der Waals surface area contributed by atoms with Crippen LogP contribution in [0.25, 0.3) is 0 Å². The van der Waals surface area contributed by atoms with Gasteiger partial charge in [-0.3, -0.25) is 4.79 Å². The Balaban J connectivity index is 2.66. The topological polar surface area (TPSA) is 52.9 Å². The van der Waals surface area contributed by atoms with Crippen molar-refractivity contribution in [3.8, 4) is 6.07 Å². The maximum absolute atomic E-state index is 10.3. The Bertz CT molecular complexity index is 187. The van der Waals surface area contributed by atoms with E-state index in [-0.39, 0.29) is 12.3 Å². The lowest BCUT2D eigenvalue weighted by Gasteiger charge is -1.79. The minimum Gasteiger partial charge on any atom is -0.331 e. The molecule has 1 rings (SSSR count). The summed E-state index contributed by atoms with van der Waals surface area (Å²) in [6.45, 7) is 0. The summed E-state index contributed by atoms with van der Waals surface area (Å²) in [4.78, 5) is 10.3. The molecule has 0 aliphatic carbocycles. The molecule has 1 heterocycles. The first-order chi connectivity index (χ1) is 3.83. The van der Waals surface area contributed by atoms with Gasteiger partial charge in [-0.2, -0.15) is 5.26 Å². The summed E-state index contributed by atoms with van der Waals surface area (Å²) in [5.41, 5.74) is 0.509. The van der Waals surface area contributed by atoms with Crippen molar-refractivity contribution in [3.05, 3.63) is 11.8 Å². The highest BCUT2D eigenvalue weighted by Crippen LogP contribution is 2.02. The zero-order valence-electron chi connectivity index (χ0n) is 4.14. The van der Waals surface area contributed by atoms with Gasteiger partial charge in [-0.1, -0.05) is 0 Å². The van der Waals surface area contributed by atoms with Crippen LogP contribution < -0.4 is 5.32 Å². The average molecular weight is 108 g/mol. The molecule has 1 N–H and O–H groups in total. The molecule has 0 fully saturated rings. The van der Waals surface area contributed by atoms with Gasteiger partial charge in [-0.05, 0) is 0 Å². The third kappa shape index (κ3) is 0.684. The van der Waals surface area contributed by atoms with Gasteiger partial charge in [0.15, 0.2) is 0 Å². The predicted molar refractivity (Wildman–Crippen MR) is 26.5 cm³/mol. The molecule has 1 aliphatic heterocycles. The van der Waals surface area contributed by atoms with E-state index in [1.54, 1.807) is 0 Å². The molecule has 3 heteroatoms. The molecule has 0 unspecified atom stereocenters. The largest absolute Gasteiger partial charge is 0.331 e. The Morgan fingerprint density at radius 2 is 2.62 bits per heavy atom. The Hall–Kier alpha value is -1.30. The maximum atomic E-state index is 10.3. The van der Waals surface area contributed by atoms with Crippen LogP contribution in [0.4, 0.5) is 0 Å². The second kappa shape index (κ2) is 1.66. The van der Waals surface area contributed by atoms with Crippen molar-refractivity contribution >= 4 is 5.91 Å². The maximum Gasteiger partial charge on any atom is 0.229 e. The molecule has 1 aliphatic rings. The van der Waals surface area contributed by atoms with E-state index in [1.807, 2.05) is 6.07 Å². The Morgan fingerprint density at radius 3 is 2.88 bits per heavy atom. The molecule has 8 heavy (non-hydrogen) atoms. The molecule has 3 nitrogen and oxygen atoms in total. The van der Waals surface area contributed by atoms with Crippen molar-refractivity contribution < 1.29 is 4.79 Å². The van der Waals surface area contributed by atoms with Crippen LogP contribution in [-0.2, 0) is 4.79 Å². The van der Waals surface area contributed by atoms with Crippen molar-refractivity contribution in [1.29, 1.82) is 5.26 Å². The van der Waals surface area contributed by atoms with Gasteiger partial charge in [-0.25, -0.2) is 0 Å². The molecule has 0 saturated heterocycles. The molecule has 0 radical (unpaired) electrons. The lowest BCUT2D eigenvalue weighted by molar-refractivity contribution is -0.118. The molecule has 0 saturated carbocycles. The van der Waals surface area contributed by atoms with E-state index in [0.29, 0.717) is 5.57 Å². The standard InChI is InChI=1S/C5H4N2O/c6-2-4-1-5(8)7-3-4/h3H,1H2,(H,7,8). The summed E-state index contributed by atoms with van der Waals surface area (Å²) in [5, 5.41) is 10.6. The number of amides is 1. The summed E-state index contributed by atoms with van der Waals surface area (Å²) < 4.78 is 0. The summed E-state index contributed by atoms with van der Waals surface area (Å²) >= 11 is 0. The second-order valence-electron chi connectivity index (χ2n) is 1.53. The highest BCUT2D eigenvalue weighted by molar-refractivity contribution is 5.83. The quantitative estimate of drug-likeness (QED) is 0.471. The first kappa shape index (κ1) is 4.85. The lowest BCUT2D eigenvalue weighted by atomic mass is 10.3. The molecule has 0 bridgehead atoms. The number of carbonyl (C=O) groups is 1. The SMILES string of the molecule is N#CC1=CNC(=O)C1. The van der Waals surface area contributed by atoms with Crippen LogP contribution in [0, 0.1) is 11.3 Å². The Morgan fingerprint density at radius 1 is 1.88 bits per heavy atom. The predicted octanol–water partition coefficient (Wildman–Crippen LogP) is -0.0862. The van der Waals surface area contributed by atoms with Gasteiger partial charge in [0.05, 0.1) is 18.1 Å². The van der Waals surface area contributed by atoms with Crippen molar-refractivity contribution in [2.75, 3.05) is 0 Å². The second-order valence-corrected chi connectivity index (χ2v) is 1.53. The number of nitriles is 1. The first-order valence-corrected chi connectivity index (χ1v) is 2.21. The van der Waals surface area contributed by atoms with Crippen LogP contribution >= 0.6 is 0 Å². The van der Waals surface area contributed by atoms with Gasteiger partial charge in [0, 0.05) is 6.20 Å². The van der Waals surface area contributed by atoms with Crippen LogP contribution in [0.1, 0.15) is 6.42 Å². The number of hydrogen-bond donors (Lipinski definition) is 1. The van der Waals surface area contributed by atoms with Gasteiger partial charge in [0.2, 0.25) is 5.91 Å². The number of hydrogen-bond acceptors (Lipinski definition) is 2. The van der Waals surface area contributed by atoms with Gasteiger partial charge >= 0.3 is 0 Å². The molecule has 0 aromatic heterocycles. The highest BCUT2D eigenvalue weighted by Gasteiger charge is 2.09. The number of nitrogens with zero attached hydrogens (tertiary/aromatic N) is 1. The average Bonchev–Trinajstić information content (AvgIpc) is 2.14. The summed E-state index contributed by atoms with van der Waals surface area (Å²) in [6.07, 6.45) is 1.68. The molecular weight excluding hydrogens is 104 g/mol. The molecule has 0 atom stereocenters. The van der Waals surface area contributed by atoms with Crippen molar-refractivity contribution in [2.45, 2.75) is 6.42 Å². The smallest absolute Gasteiger partial charge is 0.229 e. The molecule has 1 amide bonds. The number of carbonyl (C=O) groups excluding carboxylic acids is 1. The van der Waals surface area contributed by atoms with Crippen LogP contribution in [0.5, 0.6) is 0 Å². The Labute approximate surface area is 46.6 Å². The normalized spacial score (nSPS) is 16.9. The molecular formula is C5H4N2O. The van der Waals surface area contributed by atoms with E-state index in [2.05, 4.69) is 5.32 Å². The number of nitrogens with one attached hydrogen (secondary N) is 1. The lowest BCUT2D eigenvalue weighted by Crippen LogP contribution is -2.08. The van der Waals surface area contributed by atoms with Crippen molar-refractivity contribution in [1.82, 2.24) is 5.32 Å². The monoisotopic (exact) mass is 108 g/mol. The van der Waals surface area contributed by atoms with Crippen LogP contribution in [0.15, 0.2) is 11.8 Å². The van der Waals surface area contributed by atoms with Gasteiger partial charge in [0.25, 0.3) is 0 Å². The van der Waals surface area contributed by atoms with E-state index >= 15 is 0 Å². The highest BCUT2D eigenvalue weighted by atomic mass is 16.1. The Kier molecular flexibility index (Phi) is 1.01. The van der Waals surface area contributed by atoms with Gasteiger partial charge < -0.3 is 5.32 Å². The molecule has 0 aromatic carbocycles. The molecule has 40 valence electrons. The zero-order valence-corrected chi connectivity index (χ0v) is 4.14. The van der Waals surface area contributed by atoms with Gasteiger partial charge in [0.1, 0.15) is 0 Å². The van der Waals surface area contributed by atoms with E-state index < -0.39 is 0 Å². The minimum atomic E-state index is -0.0958. The van der Waals surface area contributed by atoms with E-state index in [9.17, 15) is 4.79 Å². The minimum absolute atomic E-state index is 0.0958. The first-order valence-electron chi connectivity index (χ1n) is 2.21. The van der Waals surface area contributed by atoms with Crippen LogP contribution in [0.3, 0.4) is 0 Å². The third-order valence-electron chi connectivity index (χ3n) is 0.902. The fourth-order valence-electron chi connectivity index (χ4n) is 0.514. The fourth-order valence-corrected chi connectivity index (χ4v) is 0.514. The third-order valence-corrected chi connectivity index (χ3v) is 0.902. The summed E-state index contributed by atoms with van der Waals surface area (Å²) in [5.74, 6) is -0.0958. The van der Waals surface area contributed by atoms with Crippen LogP contribution in [0.2, 0.25) is 0 Å². The van der Waals surface area contributed by atoms with Crippen molar-refractivity contribution in [2.24, 2.45) is 0 Å². The molecule has 0 spiro atoms.